The van der Waals surface area contributed by atoms with Crippen LogP contribution in [0.1, 0.15) is 110 Å². The van der Waals surface area contributed by atoms with E-state index in [2.05, 4.69) is 24.9 Å². The van der Waals surface area contributed by atoms with Gasteiger partial charge in [0.05, 0.1) is 71.9 Å². The largest absolute Gasteiger partial charge is 0.539 e. The molecule has 2 aromatic heterocycles. The number of carboxylic acids is 1. The van der Waals surface area contributed by atoms with E-state index in [0.717, 1.165) is 15.1 Å². The number of aliphatic hydroxyl groups excluding tert-OH is 1. The maximum atomic E-state index is 13.4. The molecule has 7 fully saturated rings. The average Bonchev–Trinajstić information content (AvgIpc) is 1.22. The minimum absolute atomic E-state index is 0.0177. The van der Waals surface area contributed by atoms with Crippen LogP contribution in [0.4, 0.5) is 0 Å². The molecule has 0 aliphatic carbocycles. The van der Waals surface area contributed by atoms with Crippen molar-refractivity contribution in [3.63, 3.8) is 0 Å². The van der Waals surface area contributed by atoms with Crippen LogP contribution < -0.4 is 0 Å². The number of thiazole rings is 2. The number of fused-ring (bicyclic) bond motifs is 4. The molecule has 11 rings (SSSR count). The number of carbonyl (C=O) groups is 7. The van der Waals surface area contributed by atoms with Crippen LogP contribution in [0.15, 0.2) is 45.3 Å². The van der Waals surface area contributed by atoms with Gasteiger partial charge in [-0.3, -0.25) is 33.7 Å². The molecular formula is C54H67BN6O22S3. The van der Waals surface area contributed by atoms with E-state index >= 15 is 0 Å². The molecule has 32 heteroatoms. The van der Waals surface area contributed by atoms with E-state index in [4.69, 9.17) is 75.4 Å². The molecule has 2 N–H and O–H groups in total. The third-order valence-corrected chi connectivity index (χ3v) is 16.7. The summed E-state index contributed by atoms with van der Waals surface area (Å²) in [6.45, 7) is 20.0. The summed E-state index contributed by atoms with van der Waals surface area (Å²) in [6, 6.07) is 6.64. The summed E-state index contributed by atoms with van der Waals surface area (Å²) in [5.41, 5.74) is -0.777. The first-order chi connectivity index (χ1) is 40.5. The van der Waals surface area contributed by atoms with Crippen molar-refractivity contribution in [2.45, 2.75) is 141 Å². The van der Waals surface area contributed by atoms with Crippen molar-refractivity contribution in [2.75, 3.05) is 58.6 Å². The number of hydrogen-bond acceptors (Lipinski definition) is 28. The first-order valence-corrected chi connectivity index (χ1v) is 29.9. The van der Waals surface area contributed by atoms with Crippen molar-refractivity contribution < 1.29 is 106 Å². The van der Waals surface area contributed by atoms with Crippen LogP contribution in [0, 0.1) is 25.7 Å². The zero-order valence-corrected chi connectivity index (χ0v) is 51.3. The molecule has 28 nitrogen and oxygen atoms in total. The number of carbonyl (C=O) groups excluding carboxylic acids is 6. The van der Waals surface area contributed by atoms with E-state index in [1.54, 1.807) is 90.4 Å². The van der Waals surface area contributed by atoms with Crippen molar-refractivity contribution in [2.24, 2.45) is 22.1 Å². The number of hydroxylamine groups is 2. The molecule has 0 saturated carbocycles. The number of thioether (sulfide) groups is 1. The Morgan fingerprint density at radius 1 is 0.709 bits per heavy atom. The van der Waals surface area contributed by atoms with Gasteiger partial charge in [0.25, 0.3) is 17.5 Å². The third-order valence-electron chi connectivity index (χ3n) is 13.7. The van der Waals surface area contributed by atoms with Crippen LogP contribution in [0.25, 0.3) is 0 Å². The number of β-lactam (4-membered cyclic amide) rings is 1. The smallest absolute Gasteiger partial charge is 0.378 e. The molecule has 86 heavy (non-hydrogen) atoms. The van der Waals surface area contributed by atoms with Gasteiger partial charge in [-0.05, 0) is 81.4 Å². The number of carboxylic acid groups (broad SMARTS) is 1. The van der Waals surface area contributed by atoms with Gasteiger partial charge in [0.1, 0.15) is 55.6 Å². The summed E-state index contributed by atoms with van der Waals surface area (Å²) in [5, 5.41) is 30.4. The van der Waals surface area contributed by atoms with E-state index in [0.29, 0.717) is 54.7 Å². The number of rotatable bonds is 17. The van der Waals surface area contributed by atoms with Gasteiger partial charge in [0, 0.05) is 28.9 Å². The molecule has 3 amide bonds. The summed E-state index contributed by atoms with van der Waals surface area (Å²) in [7, 11) is 5.11. The second kappa shape index (κ2) is 27.3. The fourth-order valence-corrected chi connectivity index (χ4v) is 12.6. The number of aromatic nitrogens is 2. The Morgan fingerprint density at radius 2 is 1.17 bits per heavy atom. The molecule has 8 aliphatic rings. The zero-order chi connectivity index (χ0) is 62.5. The fourth-order valence-electron chi connectivity index (χ4n) is 9.79. The Morgan fingerprint density at radius 3 is 1.59 bits per heavy atom. The van der Waals surface area contributed by atoms with Crippen molar-refractivity contribution in [1.29, 1.82) is 0 Å². The lowest BCUT2D eigenvalue weighted by molar-refractivity contribution is -0.217. The van der Waals surface area contributed by atoms with Crippen LogP contribution in [0.2, 0.25) is 0 Å². The van der Waals surface area contributed by atoms with Gasteiger partial charge < -0.3 is 67.2 Å². The topological polar surface area (TPSA) is 337 Å². The number of benzene rings is 1. The predicted molar refractivity (Wildman–Crippen MR) is 301 cm³/mol. The second-order valence-corrected chi connectivity index (χ2v) is 25.4. The zero-order valence-electron chi connectivity index (χ0n) is 48.8. The quantitative estimate of drug-likeness (QED) is 0.0487. The predicted octanol–water partition coefficient (Wildman–Crippen LogP) is 3.60. The maximum Gasteiger partial charge on any atom is 0.378 e. The molecule has 466 valence electrons. The minimum Gasteiger partial charge on any atom is -0.539 e. The lowest BCUT2D eigenvalue weighted by Crippen LogP contribution is -2.75. The highest BCUT2D eigenvalue weighted by Crippen LogP contribution is 2.54. The highest BCUT2D eigenvalue weighted by molar-refractivity contribution is 8.00. The van der Waals surface area contributed by atoms with Crippen molar-refractivity contribution in [3.05, 3.63) is 67.6 Å². The molecule has 1 aromatic carbocycles. The Kier molecular flexibility index (Phi) is 20.9. The van der Waals surface area contributed by atoms with Gasteiger partial charge in [-0.15, -0.1) is 39.5 Å². The average molecular weight is 1260 g/mol. The summed E-state index contributed by atoms with van der Waals surface area (Å²) in [4.78, 5) is 112. The van der Waals surface area contributed by atoms with E-state index in [1.807, 2.05) is 13.8 Å². The van der Waals surface area contributed by atoms with E-state index in [-0.39, 0.29) is 75.1 Å². The molecule has 10 heterocycles. The number of ketones is 1. The molecular weight excluding hydrogens is 1190 g/mol. The van der Waals surface area contributed by atoms with Gasteiger partial charge >= 0.3 is 26.0 Å². The summed E-state index contributed by atoms with van der Waals surface area (Å²) in [5.74, 6) is -8.17. The molecule has 0 spiro atoms. The molecule has 8 aliphatic heterocycles. The number of nitrogens with zero attached hydrogens (tertiary/aromatic N) is 6. The Balaban J connectivity index is 0.000000166. The number of aliphatic hydroxyl groups is 1. The second-order valence-electron chi connectivity index (χ2n) is 22.2. The normalized spacial score (nSPS) is 28.1. The van der Waals surface area contributed by atoms with Gasteiger partial charge in [-0.1, -0.05) is 22.4 Å². The number of amides is 3. The van der Waals surface area contributed by atoms with E-state index in [9.17, 15) is 33.6 Å². The van der Waals surface area contributed by atoms with Gasteiger partial charge in [0.2, 0.25) is 11.6 Å². The van der Waals surface area contributed by atoms with Gasteiger partial charge in [-0.2, -0.15) is 0 Å². The summed E-state index contributed by atoms with van der Waals surface area (Å²) in [6.07, 6.45) is -1.27. The van der Waals surface area contributed by atoms with Crippen molar-refractivity contribution in [1.82, 2.24) is 19.9 Å². The molecule has 7 saturated heterocycles. The number of imide groups is 1. The highest BCUT2D eigenvalue weighted by Gasteiger charge is 2.71. The Hall–Kier alpha value is -5.88. The number of Topliss-reactive ketones (excluding diaryl/α,β-unsaturated/α-hetero) is 1. The molecule has 8 atom stereocenters. The lowest BCUT2D eigenvalue weighted by Gasteiger charge is -2.57. The first kappa shape index (κ1) is 66.1. The van der Waals surface area contributed by atoms with E-state index in [1.165, 1.54) is 39.3 Å². The van der Waals surface area contributed by atoms with Crippen LogP contribution >= 0.6 is 34.4 Å². The SMILES string of the molecule is CC1(C)OC[C@@H](CO)O1.CC1(C)OC[C@@H](CON2C(=O)c3ccccc3C2=O)O1.Cc1nc(/C(=N/OC[C@@H]2COC(C)(C)O2)C(=O)O)cs1.[B]OC(=O)[C@]12OC(=O)C[C@H]1CS[C@@H]1[C@H](CC(=O)/C(=N\OC[C@@H]3COC(C)(C)O3)c3csc(C)n3)C(=O)N12. The number of oxime groups is 2. The van der Waals surface area contributed by atoms with E-state index < -0.39 is 87.5 Å². The van der Waals surface area contributed by atoms with Gasteiger partial charge in [0.15, 0.2) is 34.6 Å². The molecule has 0 unspecified atom stereocenters. The highest BCUT2D eigenvalue weighted by atomic mass is 32.2. The van der Waals surface area contributed by atoms with Crippen LogP contribution in [-0.4, -0.2) is 208 Å². The number of esters is 1. The maximum absolute atomic E-state index is 13.4. The lowest BCUT2D eigenvalue weighted by atomic mass is 9.84. The van der Waals surface area contributed by atoms with Crippen LogP contribution in [0.5, 0.6) is 0 Å². The molecule has 0 bridgehead atoms. The number of ether oxygens (including phenoxy) is 9. The Labute approximate surface area is 507 Å². The Bertz CT molecular complexity index is 3050. The first-order valence-electron chi connectivity index (χ1n) is 27.1. The number of hydrogen-bond donors (Lipinski definition) is 2. The van der Waals surface area contributed by atoms with Crippen molar-refractivity contribution in [3.8, 4) is 0 Å². The monoisotopic (exact) mass is 1260 g/mol. The number of aryl methyl sites for hydroxylation is 2. The minimum atomic E-state index is -1.90. The van der Waals surface area contributed by atoms with Crippen LogP contribution in [0.3, 0.4) is 0 Å². The summed E-state index contributed by atoms with van der Waals surface area (Å²) < 4.78 is 53.2. The fraction of sp³-hybridized carbons (Fsp3) is 0.611. The third kappa shape index (κ3) is 15.7. The van der Waals surface area contributed by atoms with Crippen molar-refractivity contribution >= 4 is 95.3 Å². The van der Waals surface area contributed by atoms with Crippen LogP contribution in [-0.2, 0) is 85.8 Å². The standard InChI is InChI=1S/C22H24BN3O9S2.C14H15NO5.C12H16N2O5S.C6H12O3/c1-10-24-14(9-36-10)17(25-32-7-12-6-31-21(2,3)33-12)15(27)5-13-18(29)26-19(13)37-8-11-4-16(28)34-22(11,26)20(30)35-23;1-14(2)18-7-9(20-14)8-19-15-12(16)10-5-3-4-6-11(10)13(15)17;1-7-13-9(6-20-7)10(11(15)16)14-18-5-8-4-17-12(2,3)19-8;1-6(2)8-4-5(3-7)9-6/h9,11-13,19H,4-8H2,1-3H3;3-6,9H,7-8H2,1-2H3;6,8H,4-5H2,1-3H3,(H,15,16);5,7H,3-4H2,1-2H3/b25-17-;;14-10-;/t11-,12-,13+,19+,22+;9-;8-;5-/m0001/s1. The number of aliphatic carboxylic acids is 1. The molecule has 3 aromatic rings. The summed E-state index contributed by atoms with van der Waals surface area (Å²) >= 11 is 4.07. The van der Waals surface area contributed by atoms with Gasteiger partial charge in [-0.25, -0.2) is 19.6 Å². The molecule has 2 radical (unpaired) electrons.